The van der Waals surface area contributed by atoms with E-state index < -0.39 is 15.3 Å². The summed E-state index contributed by atoms with van der Waals surface area (Å²) in [5, 5.41) is -0.430. The molecule has 3 rings (SSSR count). The third kappa shape index (κ3) is 2.90. The van der Waals surface area contributed by atoms with Gasteiger partial charge in [0.15, 0.2) is 0 Å². The van der Waals surface area contributed by atoms with E-state index in [2.05, 4.69) is 4.90 Å². The number of piperidine rings is 1. The van der Waals surface area contributed by atoms with Crippen LogP contribution < -0.4 is 0 Å². The van der Waals surface area contributed by atoms with Crippen molar-refractivity contribution in [3.8, 4) is 0 Å². The zero-order valence-corrected chi connectivity index (χ0v) is 14.4. The van der Waals surface area contributed by atoms with Gasteiger partial charge in [0.2, 0.25) is 15.9 Å². The highest BCUT2D eigenvalue weighted by molar-refractivity contribution is 7.89. The molecular formula is C15H27N3O3S. The highest BCUT2D eigenvalue weighted by Gasteiger charge is 2.43. The third-order valence-electron chi connectivity index (χ3n) is 5.45. The highest BCUT2D eigenvalue weighted by Crippen LogP contribution is 2.29. The summed E-state index contributed by atoms with van der Waals surface area (Å²) in [6, 6.07) is 0.422. The van der Waals surface area contributed by atoms with Gasteiger partial charge < -0.3 is 4.90 Å². The second-order valence-electron chi connectivity index (χ2n) is 6.98. The lowest BCUT2D eigenvalue weighted by Gasteiger charge is -2.43. The van der Waals surface area contributed by atoms with Crippen LogP contribution in [0.3, 0.4) is 0 Å². The van der Waals surface area contributed by atoms with Crippen molar-refractivity contribution in [1.82, 2.24) is 14.1 Å². The molecule has 3 saturated heterocycles. The molecule has 3 aliphatic heterocycles. The van der Waals surface area contributed by atoms with Crippen molar-refractivity contribution in [3.05, 3.63) is 0 Å². The molecule has 0 unspecified atom stereocenters. The molecule has 3 atom stereocenters. The van der Waals surface area contributed by atoms with E-state index in [0.717, 1.165) is 25.9 Å². The van der Waals surface area contributed by atoms with Gasteiger partial charge in [-0.3, -0.25) is 9.69 Å². The van der Waals surface area contributed by atoms with Crippen molar-refractivity contribution in [2.75, 3.05) is 32.7 Å². The average Bonchev–Trinajstić information content (AvgIpc) is 2.93. The summed E-state index contributed by atoms with van der Waals surface area (Å²) in [6.07, 6.45) is 3.72. The standard InChI is InChI=1S/C15H27N3O3S/c1-12-9-17-8-3-5-14(17)10-18(12)22(20,21)15-6-4-7-16(11-15)13(2)19/h12,14-15H,3-11H2,1-2H3/t12-,14+,15-/m0/s1. The first-order chi connectivity index (χ1) is 10.4. The summed E-state index contributed by atoms with van der Waals surface area (Å²) in [5.74, 6) is -0.0199. The van der Waals surface area contributed by atoms with Crippen LogP contribution in [0.15, 0.2) is 0 Å². The van der Waals surface area contributed by atoms with Gasteiger partial charge in [-0.15, -0.1) is 0 Å². The van der Waals surface area contributed by atoms with Gasteiger partial charge in [-0.2, -0.15) is 4.31 Å². The number of carbonyl (C=O) groups excluding carboxylic acids is 1. The first-order valence-electron chi connectivity index (χ1n) is 8.40. The van der Waals surface area contributed by atoms with Crippen molar-refractivity contribution in [1.29, 1.82) is 0 Å². The molecule has 7 heteroatoms. The van der Waals surface area contributed by atoms with E-state index in [1.54, 1.807) is 9.21 Å². The number of sulfonamides is 1. The number of amides is 1. The summed E-state index contributed by atoms with van der Waals surface area (Å²) in [6.45, 7) is 7.15. The minimum Gasteiger partial charge on any atom is -0.342 e. The van der Waals surface area contributed by atoms with E-state index in [9.17, 15) is 13.2 Å². The Kier molecular flexibility index (Phi) is 4.49. The number of piperazine rings is 1. The molecule has 3 fully saturated rings. The molecule has 126 valence electrons. The number of hydrogen-bond donors (Lipinski definition) is 0. The van der Waals surface area contributed by atoms with Gasteiger partial charge >= 0.3 is 0 Å². The van der Waals surface area contributed by atoms with Crippen LogP contribution >= 0.6 is 0 Å². The molecule has 0 saturated carbocycles. The van der Waals surface area contributed by atoms with Crippen LogP contribution in [0.25, 0.3) is 0 Å². The first-order valence-corrected chi connectivity index (χ1v) is 9.90. The molecule has 1 amide bonds. The Morgan fingerprint density at radius 3 is 2.50 bits per heavy atom. The second kappa shape index (κ2) is 6.09. The third-order valence-corrected chi connectivity index (χ3v) is 7.84. The topological polar surface area (TPSA) is 60.9 Å². The van der Waals surface area contributed by atoms with Gasteiger partial charge in [-0.25, -0.2) is 8.42 Å². The molecule has 0 bridgehead atoms. The van der Waals surface area contributed by atoms with Crippen molar-refractivity contribution < 1.29 is 13.2 Å². The smallest absolute Gasteiger partial charge is 0.219 e. The zero-order valence-electron chi connectivity index (χ0n) is 13.6. The molecule has 0 aromatic heterocycles. The fourth-order valence-corrected chi connectivity index (χ4v) is 6.34. The van der Waals surface area contributed by atoms with Crippen LogP contribution in [0.4, 0.5) is 0 Å². The number of carbonyl (C=O) groups is 1. The molecule has 22 heavy (non-hydrogen) atoms. The van der Waals surface area contributed by atoms with Crippen molar-refractivity contribution in [2.24, 2.45) is 0 Å². The number of rotatable bonds is 2. The van der Waals surface area contributed by atoms with E-state index in [0.29, 0.717) is 32.1 Å². The van der Waals surface area contributed by atoms with Crippen LogP contribution in [0, 0.1) is 0 Å². The predicted molar refractivity (Wildman–Crippen MR) is 85.0 cm³/mol. The maximum atomic E-state index is 13.1. The SMILES string of the molecule is CC(=O)N1CCC[C@H](S(=O)(=O)N2C[C@H]3CCCN3C[C@@H]2C)C1. The lowest BCUT2D eigenvalue weighted by atomic mass is 10.1. The normalized spacial score (nSPS) is 34.6. The Balaban J connectivity index is 1.75. The van der Waals surface area contributed by atoms with Gasteiger partial charge in [0, 0.05) is 45.2 Å². The minimum absolute atomic E-state index is 0.0199. The maximum absolute atomic E-state index is 13.1. The summed E-state index contributed by atoms with van der Waals surface area (Å²) >= 11 is 0. The van der Waals surface area contributed by atoms with E-state index in [-0.39, 0.29) is 11.9 Å². The Bertz CT molecular complexity index is 536. The van der Waals surface area contributed by atoms with Crippen molar-refractivity contribution in [2.45, 2.75) is 56.9 Å². The number of fused-ring (bicyclic) bond motifs is 1. The van der Waals surface area contributed by atoms with E-state index in [1.165, 1.54) is 13.3 Å². The molecule has 3 heterocycles. The van der Waals surface area contributed by atoms with Crippen molar-refractivity contribution in [3.63, 3.8) is 0 Å². The van der Waals surface area contributed by atoms with Crippen LogP contribution in [-0.4, -0.2) is 78.5 Å². The minimum atomic E-state index is -3.33. The van der Waals surface area contributed by atoms with Gasteiger partial charge in [-0.1, -0.05) is 0 Å². The number of likely N-dealkylation sites (tertiary alicyclic amines) is 1. The monoisotopic (exact) mass is 329 g/mol. The van der Waals surface area contributed by atoms with Gasteiger partial charge in [0.05, 0.1) is 5.25 Å². The molecule has 3 aliphatic rings. The molecule has 0 aliphatic carbocycles. The second-order valence-corrected chi connectivity index (χ2v) is 9.15. The first kappa shape index (κ1) is 16.2. The molecule has 0 aromatic rings. The Morgan fingerprint density at radius 1 is 1.05 bits per heavy atom. The van der Waals surface area contributed by atoms with E-state index >= 15 is 0 Å². The molecule has 6 nitrogen and oxygen atoms in total. The van der Waals surface area contributed by atoms with Crippen LogP contribution in [0.2, 0.25) is 0 Å². The lowest BCUT2D eigenvalue weighted by Crippen LogP contribution is -2.59. The molecule has 0 aromatic carbocycles. The quantitative estimate of drug-likeness (QED) is 0.740. The molecule has 0 N–H and O–H groups in total. The maximum Gasteiger partial charge on any atom is 0.219 e. The summed E-state index contributed by atoms with van der Waals surface area (Å²) in [5.41, 5.74) is 0. The van der Waals surface area contributed by atoms with Crippen molar-refractivity contribution >= 4 is 15.9 Å². The van der Waals surface area contributed by atoms with Gasteiger partial charge in [0.25, 0.3) is 0 Å². The highest BCUT2D eigenvalue weighted by atomic mass is 32.2. The van der Waals surface area contributed by atoms with Crippen LogP contribution in [0.1, 0.15) is 39.5 Å². The molecule has 0 radical (unpaired) electrons. The fourth-order valence-electron chi connectivity index (χ4n) is 4.17. The zero-order chi connectivity index (χ0) is 15.9. The summed E-state index contributed by atoms with van der Waals surface area (Å²) in [7, 11) is -3.33. The molecule has 0 spiro atoms. The van der Waals surface area contributed by atoms with E-state index in [4.69, 9.17) is 0 Å². The summed E-state index contributed by atoms with van der Waals surface area (Å²) in [4.78, 5) is 15.7. The Morgan fingerprint density at radius 2 is 1.77 bits per heavy atom. The number of nitrogens with zero attached hydrogens (tertiary/aromatic N) is 3. The van der Waals surface area contributed by atoms with E-state index in [1.807, 2.05) is 6.92 Å². The van der Waals surface area contributed by atoms with Crippen LogP contribution in [0.5, 0.6) is 0 Å². The van der Waals surface area contributed by atoms with Gasteiger partial charge in [0.1, 0.15) is 0 Å². The Labute approximate surface area is 133 Å². The fraction of sp³-hybridized carbons (Fsp3) is 0.933. The Hall–Kier alpha value is -0.660. The number of hydrogen-bond acceptors (Lipinski definition) is 4. The average molecular weight is 329 g/mol. The largest absolute Gasteiger partial charge is 0.342 e. The van der Waals surface area contributed by atoms with Gasteiger partial charge in [-0.05, 0) is 39.2 Å². The van der Waals surface area contributed by atoms with Crippen LogP contribution in [-0.2, 0) is 14.8 Å². The lowest BCUT2D eigenvalue weighted by molar-refractivity contribution is -0.129. The summed E-state index contributed by atoms with van der Waals surface area (Å²) < 4.78 is 27.9. The predicted octanol–water partition coefficient (Wildman–Crippen LogP) is 0.496. The molecular weight excluding hydrogens is 302 g/mol.